The van der Waals surface area contributed by atoms with Crippen LogP contribution in [0.3, 0.4) is 0 Å². The summed E-state index contributed by atoms with van der Waals surface area (Å²) in [7, 11) is -0.739. The van der Waals surface area contributed by atoms with Crippen LogP contribution in [0.2, 0.25) is 0 Å². The zero-order valence-electron chi connectivity index (χ0n) is 10.4. The van der Waals surface area contributed by atoms with Crippen molar-refractivity contribution in [1.82, 2.24) is 9.55 Å². The van der Waals surface area contributed by atoms with Crippen LogP contribution in [-0.4, -0.2) is 31.8 Å². The maximum absolute atomic E-state index is 11.3. The summed E-state index contributed by atoms with van der Waals surface area (Å²) < 4.78 is 13.3. The van der Waals surface area contributed by atoms with Crippen molar-refractivity contribution in [2.45, 2.75) is 6.92 Å². The topological polar surface area (TPSA) is 46.9 Å². The quantitative estimate of drug-likeness (QED) is 0.867. The lowest BCUT2D eigenvalue weighted by Crippen LogP contribution is -2.14. The van der Waals surface area contributed by atoms with Crippen LogP contribution >= 0.6 is 0 Å². The highest BCUT2D eigenvalue weighted by Gasteiger charge is 2.04. The van der Waals surface area contributed by atoms with E-state index >= 15 is 0 Å². The lowest BCUT2D eigenvalue weighted by molar-refractivity contribution is 0.684. The van der Waals surface area contributed by atoms with Gasteiger partial charge in [-0.3, -0.25) is 8.78 Å². The third kappa shape index (κ3) is 3.20. The SMILES string of the molecule is CCS(=O)CCNc1nccn1-c1ccccc1. The fraction of sp³-hybridized carbons (Fsp3) is 0.308. The maximum atomic E-state index is 11.3. The van der Waals surface area contributed by atoms with E-state index in [1.54, 1.807) is 6.20 Å². The number of hydrogen-bond acceptors (Lipinski definition) is 3. The van der Waals surface area contributed by atoms with Crippen molar-refractivity contribution >= 4 is 16.7 Å². The van der Waals surface area contributed by atoms with E-state index in [1.807, 2.05) is 48.0 Å². The number of benzene rings is 1. The molecule has 0 radical (unpaired) electrons. The molecule has 1 heterocycles. The molecule has 1 aromatic heterocycles. The van der Waals surface area contributed by atoms with Crippen molar-refractivity contribution in [2.75, 3.05) is 23.4 Å². The second-order valence-corrected chi connectivity index (χ2v) is 5.68. The van der Waals surface area contributed by atoms with Gasteiger partial charge in [0.1, 0.15) is 0 Å². The number of imidazole rings is 1. The van der Waals surface area contributed by atoms with Gasteiger partial charge in [-0.05, 0) is 12.1 Å². The lowest BCUT2D eigenvalue weighted by Gasteiger charge is -2.09. The predicted octanol–water partition coefficient (Wildman–Crippen LogP) is 2.05. The van der Waals surface area contributed by atoms with Crippen molar-refractivity contribution in [3.05, 3.63) is 42.7 Å². The third-order valence-electron chi connectivity index (χ3n) is 2.61. The molecule has 0 fully saturated rings. The molecule has 96 valence electrons. The molecule has 2 rings (SSSR count). The summed E-state index contributed by atoms with van der Waals surface area (Å²) in [6.07, 6.45) is 3.67. The van der Waals surface area contributed by atoms with Gasteiger partial charge in [0.05, 0.1) is 0 Å². The van der Waals surface area contributed by atoms with E-state index in [4.69, 9.17) is 0 Å². The van der Waals surface area contributed by atoms with Crippen LogP contribution in [0, 0.1) is 0 Å². The summed E-state index contributed by atoms with van der Waals surface area (Å²) in [5.74, 6) is 2.14. The first-order valence-corrected chi connectivity index (χ1v) is 7.47. The van der Waals surface area contributed by atoms with Crippen LogP contribution in [-0.2, 0) is 10.8 Å². The van der Waals surface area contributed by atoms with E-state index in [0.717, 1.165) is 11.6 Å². The average Bonchev–Trinajstić information content (AvgIpc) is 2.88. The Balaban J connectivity index is 2.03. The van der Waals surface area contributed by atoms with E-state index in [1.165, 1.54) is 0 Å². The van der Waals surface area contributed by atoms with Crippen molar-refractivity contribution in [3.63, 3.8) is 0 Å². The largest absolute Gasteiger partial charge is 0.354 e. The Labute approximate surface area is 110 Å². The summed E-state index contributed by atoms with van der Waals surface area (Å²) >= 11 is 0. The summed E-state index contributed by atoms with van der Waals surface area (Å²) in [4.78, 5) is 4.27. The van der Waals surface area contributed by atoms with Gasteiger partial charge in [-0.1, -0.05) is 25.1 Å². The first-order chi connectivity index (χ1) is 8.81. The second kappa shape index (κ2) is 6.35. The number of hydrogen-bond donors (Lipinski definition) is 1. The minimum Gasteiger partial charge on any atom is -0.354 e. The van der Waals surface area contributed by atoms with E-state index in [0.29, 0.717) is 18.1 Å². The number of para-hydroxylation sites is 1. The van der Waals surface area contributed by atoms with E-state index in [-0.39, 0.29) is 0 Å². The molecular formula is C13H17N3OS. The highest BCUT2D eigenvalue weighted by molar-refractivity contribution is 7.84. The molecule has 5 heteroatoms. The summed E-state index contributed by atoms with van der Waals surface area (Å²) in [6.45, 7) is 2.60. The molecule has 0 saturated heterocycles. The molecule has 1 aromatic carbocycles. The highest BCUT2D eigenvalue weighted by atomic mass is 32.2. The van der Waals surface area contributed by atoms with Crippen LogP contribution in [0.25, 0.3) is 5.69 Å². The molecular weight excluding hydrogens is 246 g/mol. The monoisotopic (exact) mass is 263 g/mol. The van der Waals surface area contributed by atoms with E-state index in [2.05, 4.69) is 10.3 Å². The summed E-state index contributed by atoms with van der Waals surface area (Å²) in [6, 6.07) is 10.0. The van der Waals surface area contributed by atoms with Crippen molar-refractivity contribution < 1.29 is 4.21 Å². The molecule has 0 aliphatic heterocycles. The van der Waals surface area contributed by atoms with Crippen LogP contribution < -0.4 is 5.32 Å². The summed E-state index contributed by atoms with van der Waals surface area (Å²) in [5, 5.41) is 3.22. The molecule has 2 aromatic rings. The Morgan fingerprint density at radius 3 is 2.83 bits per heavy atom. The molecule has 0 aliphatic carbocycles. The van der Waals surface area contributed by atoms with E-state index in [9.17, 15) is 4.21 Å². The average molecular weight is 263 g/mol. The zero-order valence-corrected chi connectivity index (χ0v) is 11.2. The zero-order chi connectivity index (χ0) is 12.8. The third-order valence-corrected chi connectivity index (χ3v) is 3.91. The van der Waals surface area contributed by atoms with Gasteiger partial charge in [0, 0.05) is 46.9 Å². The van der Waals surface area contributed by atoms with Gasteiger partial charge >= 0.3 is 0 Å². The van der Waals surface area contributed by atoms with Gasteiger partial charge in [-0.25, -0.2) is 4.98 Å². The van der Waals surface area contributed by atoms with Crippen molar-refractivity contribution in [2.24, 2.45) is 0 Å². The van der Waals surface area contributed by atoms with Gasteiger partial charge in [-0.2, -0.15) is 0 Å². The molecule has 4 nitrogen and oxygen atoms in total. The van der Waals surface area contributed by atoms with Crippen LogP contribution in [0.1, 0.15) is 6.92 Å². The molecule has 0 amide bonds. The first-order valence-electron chi connectivity index (χ1n) is 5.99. The molecule has 0 spiro atoms. The fourth-order valence-electron chi connectivity index (χ4n) is 1.65. The second-order valence-electron chi connectivity index (χ2n) is 3.82. The maximum Gasteiger partial charge on any atom is 0.207 e. The van der Waals surface area contributed by atoms with E-state index < -0.39 is 10.8 Å². The van der Waals surface area contributed by atoms with Gasteiger partial charge in [-0.15, -0.1) is 0 Å². The number of aromatic nitrogens is 2. The Kier molecular flexibility index (Phi) is 4.52. The lowest BCUT2D eigenvalue weighted by atomic mass is 10.3. The minimum atomic E-state index is -0.739. The summed E-state index contributed by atoms with van der Waals surface area (Å²) in [5.41, 5.74) is 1.06. The molecule has 0 saturated carbocycles. The number of nitrogens with zero attached hydrogens (tertiary/aromatic N) is 2. The minimum absolute atomic E-state index is 0.651. The molecule has 18 heavy (non-hydrogen) atoms. The predicted molar refractivity (Wildman–Crippen MR) is 75.6 cm³/mol. The van der Waals surface area contributed by atoms with Gasteiger partial charge in [0.15, 0.2) is 0 Å². The molecule has 1 N–H and O–H groups in total. The number of nitrogens with one attached hydrogen (secondary N) is 1. The highest BCUT2D eigenvalue weighted by Crippen LogP contribution is 2.13. The Morgan fingerprint density at radius 2 is 2.11 bits per heavy atom. The van der Waals surface area contributed by atoms with Crippen LogP contribution in [0.4, 0.5) is 5.95 Å². The van der Waals surface area contributed by atoms with Gasteiger partial charge in [0.25, 0.3) is 0 Å². The standard InChI is InChI=1S/C13H17N3OS/c1-2-18(17)11-9-15-13-14-8-10-16(13)12-6-4-3-5-7-12/h3-8,10H,2,9,11H2,1H3,(H,14,15). The Bertz CT molecular complexity index is 510. The van der Waals surface area contributed by atoms with Crippen LogP contribution in [0.5, 0.6) is 0 Å². The van der Waals surface area contributed by atoms with Crippen molar-refractivity contribution in [3.8, 4) is 5.69 Å². The fourth-order valence-corrected chi connectivity index (χ4v) is 2.27. The molecule has 1 atom stereocenters. The Hall–Kier alpha value is -1.62. The Morgan fingerprint density at radius 1 is 1.33 bits per heavy atom. The van der Waals surface area contributed by atoms with Crippen molar-refractivity contribution in [1.29, 1.82) is 0 Å². The van der Waals surface area contributed by atoms with Crippen LogP contribution in [0.15, 0.2) is 42.7 Å². The first kappa shape index (κ1) is 12.8. The number of anilines is 1. The number of rotatable bonds is 6. The molecule has 1 unspecified atom stereocenters. The molecule has 0 bridgehead atoms. The van der Waals surface area contributed by atoms with Gasteiger partial charge in [0.2, 0.25) is 5.95 Å². The normalized spacial score (nSPS) is 12.3. The smallest absolute Gasteiger partial charge is 0.207 e. The van der Waals surface area contributed by atoms with Gasteiger partial charge < -0.3 is 5.32 Å². The molecule has 0 aliphatic rings.